The number of rotatable bonds is 21. The van der Waals surface area contributed by atoms with Gasteiger partial charge in [-0.2, -0.15) is 0 Å². The van der Waals surface area contributed by atoms with Gasteiger partial charge in [0.25, 0.3) is 0 Å². The van der Waals surface area contributed by atoms with Gasteiger partial charge < -0.3 is 0 Å². The molecule has 1 heterocycles. The van der Waals surface area contributed by atoms with Crippen molar-refractivity contribution in [2.24, 2.45) is 0 Å². The summed E-state index contributed by atoms with van der Waals surface area (Å²) in [5.74, 6) is 0.335. The zero-order chi connectivity index (χ0) is 20.1. The number of Topliss-reactive ketones (excluding diaryl/α,β-unsaturated/α-hetero) is 1. The topological polar surface area (TPSA) is 17.1 Å². The van der Waals surface area contributed by atoms with Gasteiger partial charge in [0.15, 0.2) is 5.78 Å². The van der Waals surface area contributed by atoms with Gasteiger partial charge in [0, 0.05) is 6.42 Å². The standard InChI is InChI=1S/C26H46OS/c1-2-3-4-5-6-7-8-9-10-11-12-13-14-15-16-17-18-19-20-22-25(27)26-23-21-24-28-26/h21,23-24H,2-20,22H2,1H3. The predicted octanol–water partition coefficient (Wildman–Crippen LogP) is 9.75. The van der Waals surface area contributed by atoms with E-state index in [9.17, 15) is 4.79 Å². The van der Waals surface area contributed by atoms with Crippen LogP contribution in [0.2, 0.25) is 0 Å². The molecule has 162 valence electrons. The first-order valence-corrected chi connectivity index (χ1v) is 13.3. The second-order valence-electron chi connectivity index (χ2n) is 8.51. The first-order valence-electron chi connectivity index (χ1n) is 12.4. The smallest absolute Gasteiger partial charge is 0.172 e. The summed E-state index contributed by atoms with van der Waals surface area (Å²) in [5.41, 5.74) is 0. The minimum Gasteiger partial charge on any atom is -0.293 e. The van der Waals surface area contributed by atoms with E-state index in [2.05, 4.69) is 6.92 Å². The molecule has 2 heteroatoms. The third-order valence-electron chi connectivity index (χ3n) is 5.80. The number of thiophene rings is 1. The van der Waals surface area contributed by atoms with Crippen LogP contribution in [0.1, 0.15) is 145 Å². The molecule has 1 rings (SSSR count). The van der Waals surface area contributed by atoms with E-state index in [0.29, 0.717) is 5.78 Å². The van der Waals surface area contributed by atoms with Crippen molar-refractivity contribution in [1.82, 2.24) is 0 Å². The molecule has 0 aliphatic rings. The highest BCUT2D eigenvalue weighted by molar-refractivity contribution is 7.12. The van der Waals surface area contributed by atoms with Gasteiger partial charge in [-0.15, -0.1) is 11.3 Å². The minimum atomic E-state index is 0.335. The van der Waals surface area contributed by atoms with Gasteiger partial charge in [-0.3, -0.25) is 4.79 Å². The average molecular weight is 407 g/mol. The highest BCUT2D eigenvalue weighted by atomic mass is 32.1. The molecule has 0 radical (unpaired) electrons. The summed E-state index contributed by atoms with van der Waals surface area (Å²) >= 11 is 1.57. The zero-order valence-corrected chi connectivity index (χ0v) is 19.5. The van der Waals surface area contributed by atoms with Gasteiger partial charge in [-0.25, -0.2) is 0 Å². The predicted molar refractivity (Wildman–Crippen MR) is 127 cm³/mol. The van der Waals surface area contributed by atoms with Gasteiger partial charge in [0.2, 0.25) is 0 Å². The minimum absolute atomic E-state index is 0.335. The second-order valence-corrected chi connectivity index (χ2v) is 9.46. The third kappa shape index (κ3) is 15.3. The van der Waals surface area contributed by atoms with Crippen LogP contribution < -0.4 is 0 Å². The van der Waals surface area contributed by atoms with Gasteiger partial charge in [-0.05, 0) is 17.9 Å². The molecule has 0 saturated heterocycles. The molecule has 0 amide bonds. The fourth-order valence-corrected chi connectivity index (χ4v) is 4.62. The molecule has 0 saturated carbocycles. The summed E-state index contributed by atoms with van der Waals surface area (Å²) in [5, 5.41) is 1.99. The van der Waals surface area contributed by atoms with E-state index < -0.39 is 0 Å². The van der Waals surface area contributed by atoms with Crippen LogP contribution in [0.5, 0.6) is 0 Å². The molecule has 1 nitrogen and oxygen atoms in total. The van der Waals surface area contributed by atoms with Gasteiger partial charge >= 0.3 is 0 Å². The lowest BCUT2D eigenvalue weighted by Gasteiger charge is -2.04. The van der Waals surface area contributed by atoms with Crippen molar-refractivity contribution < 1.29 is 4.79 Å². The second kappa shape index (κ2) is 19.7. The van der Waals surface area contributed by atoms with Crippen LogP contribution in [-0.2, 0) is 0 Å². The van der Waals surface area contributed by atoms with Crippen molar-refractivity contribution in [3.05, 3.63) is 22.4 Å². The Kier molecular flexibility index (Phi) is 17.9. The van der Waals surface area contributed by atoms with E-state index >= 15 is 0 Å². The molecule has 0 aliphatic carbocycles. The molecule has 0 unspecified atom stereocenters. The average Bonchev–Trinajstić information content (AvgIpc) is 3.24. The summed E-state index contributed by atoms with van der Waals surface area (Å²) in [7, 11) is 0. The largest absolute Gasteiger partial charge is 0.293 e. The Morgan fingerprint density at radius 1 is 0.643 bits per heavy atom. The summed E-state index contributed by atoms with van der Waals surface area (Å²) in [6.07, 6.45) is 27.2. The highest BCUT2D eigenvalue weighted by Crippen LogP contribution is 2.16. The van der Waals surface area contributed by atoms with E-state index in [1.807, 2.05) is 17.5 Å². The van der Waals surface area contributed by atoms with E-state index in [0.717, 1.165) is 17.7 Å². The van der Waals surface area contributed by atoms with Crippen LogP contribution in [-0.4, -0.2) is 5.78 Å². The number of hydrogen-bond donors (Lipinski definition) is 0. The summed E-state index contributed by atoms with van der Waals surface area (Å²) in [4.78, 5) is 12.8. The van der Waals surface area contributed by atoms with Crippen molar-refractivity contribution in [1.29, 1.82) is 0 Å². The molecule has 28 heavy (non-hydrogen) atoms. The summed E-state index contributed by atoms with van der Waals surface area (Å²) in [6.45, 7) is 2.29. The molecule has 1 aromatic rings. The maximum absolute atomic E-state index is 11.9. The van der Waals surface area contributed by atoms with Crippen molar-refractivity contribution >= 4 is 17.1 Å². The Morgan fingerprint density at radius 3 is 1.39 bits per heavy atom. The number of ketones is 1. The van der Waals surface area contributed by atoms with Crippen LogP contribution in [0, 0.1) is 0 Å². The first-order chi connectivity index (χ1) is 13.8. The lowest BCUT2D eigenvalue weighted by molar-refractivity contribution is 0.0983. The Balaban J connectivity index is 1.69. The van der Waals surface area contributed by atoms with Crippen molar-refractivity contribution in [3.63, 3.8) is 0 Å². The van der Waals surface area contributed by atoms with Crippen LogP contribution in [0.15, 0.2) is 17.5 Å². The van der Waals surface area contributed by atoms with Crippen LogP contribution in [0.3, 0.4) is 0 Å². The van der Waals surface area contributed by atoms with Crippen LogP contribution in [0.4, 0.5) is 0 Å². The number of hydrogen-bond acceptors (Lipinski definition) is 2. The van der Waals surface area contributed by atoms with E-state index in [1.54, 1.807) is 11.3 Å². The number of unbranched alkanes of at least 4 members (excludes halogenated alkanes) is 18. The molecule has 0 fully saturated rings. The fraction of sp³-hybridized carbons (Fsp3) is 0.808. The summed E-state index contributed by atoms with van der Waals surface area (Å²) in [6, 6.07) is 3.91. The number of carbonyl (C=O) groups excluding carboxylic acids is 1. The quantitative estimate of drug-likeness (QED) is 0.147. The van der Waals surface area contributed by atoms with Gasteiger partial charge in [0.1, 0.15) is 0 Å². The van der Waals surface area contributed by atoms with E-state index in [4.69, 9.17) is 0 Å². The highest BCUT2D eigenvalue weighted by Gasteiger charge is 2.05. The maximum atomic E-state index is 11.9. The lowest BCUT2D eigenvalue weighted by atomic mass is 10.0. The Hall–Kier alpha value is -0.630. The van der Waals surface area contributed by atoms with E-state index in [1.165, 1.54) is 116 Å². The van der Waals surface area contributed by atoms with Gasteiger partial charge in [-0.1, -0.05) is 129 Å². The molecule has 0 atom stereocenters. The normalized spacial score (nSPS) is 11.2. The Morgan fingerprint density at radius 2 is 1.04 bits per heavy atom. The van der Waals surface area contributed by atoms with Crippen LogP contribution in [0.25, 0.3) is 0 Å². The van der Waals surface area contributed by atoms with Crippen molar-refractivity contribution in [3.8, 4) is 0 Å². The Labute approximate surface area is 179 Å². The molecule has 0 spiro atoms. The fourth-order valence-electron chi connectivity index (χ4n) is 3.92. The summed E-state index contributed by atoms with van der Waals surface area (Å²) < 4.78 is 0. The van der Waals surface area contributed by atoms with Crippen molar-refractivity contribution in [2.75, 3.05) is 0 Å². The monoisotopic (exact) mass is 406 g/mol. The molecule has 0 aromatic carbocycles. The third-order valence-corrected chi connectivity index (χ3v) is 6.71. The van der Waals surface area contributed by atoms with E-state index in [-0.39, 0.29) is 0 Å². The zero-order valence-electron chi connectivity index (χ0n) is 18.7. The lowest BCUT2D eigenvalue weighted by Crippen LogP contribution is -1.95. The molecule has 0 bridgehead atoms. The molecular formula is C26H46OS. The molecule has 0 aliphatic heterocycles. The molecule has 1 aromatic heterocycles. The van der Waals surface area contributed by atoms with Crippen LogP contribution >= 0.6 is 11.3 Å². The maximum Gasteiger partial charge on any atom is 0.172 e. The van der Waals surface area contributed by atoms with Gasteiger partial charge in [0.05, 0.1) is 4.88 Å². The molecular weight excluding hydrogens is 360 g/mol. The molecule has 0 N–H and O–H groups in total. The Bertz CT molecular complexity index is 437. The van der Waals surface area contributed by atoms with Crippen molar-refractivity contribution in [2.45, 2.75) is 135 Å². The SMILES string of the molecule is CCCCCCCCCCCCCCCCCCCCCC(=O)c1cccs1. The number of carbonyl (C=O) groups is 1. The first kappa shape index (κ1) is 25.4.